The second-order valence-electron chi connectivity index (χ2n) is 28.5. The Hall–Kier alpha value is -5.48. The van der Waals surface area contributed by atoms with Crippen LogP contribution >= 0.6 is 46.4 Å². The summed E-state index contributed by atoms with van der Waals surface area (Å²) in [5.41, 5.74) is 3.53. The highest BCUT2D eigenvalue weighted by molar-refractivity contribution is 6.30. The normalized spacial score (nSPS) is 29.1. The average Bonchev–Trinajstić information content (AvgIpc) is 1.52. The monoisotopic (exact) mass is 1360 g/mol. The molecule has 4 aromatic heterocycles. The number of nitrogens with one attached hydrogen (secondary N) is 2. The number of pyridine rings is 4. The molecule has 4 spiro atoms. The number of nitrogens with zero attached hydrogens (tertiary/aromatic N) is 6. The number of anilines is 2. The molecule has 0 aromatic carbocycles. The van der Waals surface area contributed by atoms with Gasteiger partial charge in [0.25, 0.3) is 11.8 Å². The van der Waals surface area contributed by atoms with Crippen LogP contribution < -0.4 is 16.4 Å². The maximum absolute atomic E-state index is 16.1. The summed E-state index contributed by atoms with van der Waals surface area (Å²) in [6, 6.07) is 9.96. The Kier molecular flexibility index (Phi) is 20.8. The number of carboxylic acid groups (broad SMARTS) is 1. The first kappa shape index (κ1) is 70.3. The van der Waals surface area contributed by atoms with Gasteiger partial charge in [0.15, 0.2) is 21.9 Å². The molecule has 1 unspecified atom stereocenters. The van der Waals surface area contributed by atoms with Crippen molar-refractivity contribution in [1.29, 1.82) is 0 Å². The highest BCUT2D eigenvalue weighted by atomic mass is 35.5. The Morgan fingerprint density at radius 2 is 1.01 bits per heavy atom. The lowest BCUT2D eigenvalue weighted by Crippen LogP contribution is -2.52. The van der Waals surface area contributed by atoms with Crippen LogP contribution in [0.25, 0.3) is 0 Å². The van der Waals surface area contributed by atoms with Crippen LogP contribution in [0.3, 0.4) is 0 Å². The van der Waals surface area contributed by atoms with Crippen molar-refractivity contribution in [1.82, 2.24) is 29.7 Å². The van der Waals surface area contributed by atoms with Gasteiger partial charge in [0, 0.05) is 79.9 Å². The lowest BCUT2D eigenvalue weighted by Gasteiger charge is -2.50. The number of aromatic nitrogens is 4. The van der Waals surface area contributed by atoms with Gasteiger partial charge in [-0.3, -0.25) is 28.8 Å². The van der Waals surface area contributed by atoms with Gasteiger partial charge in [-0.05, 0) is 181 Å². The van der Waals surface area contributed by atoms with Crippen LogP contribution in [-0.4, -0.2) is 128 Å². The summed E-state index contributed by atoms with van der Waals surface area (Å²) in [7, 11) is 0. The molecule has 93 heavy (non-hydrogen) atoms. The van der Waals surface area contributed by atoms with Gasteiger partial charge >= 0.3 is 5.97 Å². The van der Waals surface area contributed by atoms with E-state index in [1.54, 1.807) is 29.2 Å². The number of Topliss-reactive ketones (excluding diaryl/α,β-unsaturated/α-hetero) is 1. The van der Waals surface area contributed by atoms with E-state index in [2.05, 4.69) is 58.3 Å². The third kappa shape index (κ3) is 12.7. The zero-order valence-electron chi connectivity index (χ0n) is 54.3. The van der Waals surface area contributed by atoms with E-state index in [1.165, 1.54) is 18.5 Å². The number of rotatable bonds is 12. The topological polar surface area (TPSA) is 249 Å². The summed E-state index contributed by atoms with van der Waals surface area (Å²) in [4.78, 5) is 101. The predicted octanol–water partition coefficient (Wildman–Crippen LogP) is 13.1. The van der Waals surface area contributed by atoms with E-state index in [-0.39, 0.29) is 103 Å². The Labute approximate surface area is 563 Å². The smallest absolute Gasteiger partial charge is 0.307 e. The number of fused-ring (bicyclic) bond motifs is 6. The number of ketones is 1. The highest BCUT2D eigenvalue weighted by Gasteiger charge is 2.75. The summed E-state index contributed by atoms with van der Waals surface area (Å²) in [6.45, 7) is 20.2. The second kappa shape index (κ2) is 27.6. The fourth-order valence-electron chi connectivity index (χ4n) is 17.5. The first-order valence-corrected chi connectivity index (χ1v) is 34.5. The third-order valence-electron chi connectivity index (χ3n) is 22.5. The summed E-state index contributed by atoms with van der Waals surface area (Å²) < 4.78 is 43.0. The van der Waals surface area contributed by atoms with E-state index in [0.717, 1.165) is 51.6 Å². The molecular weight excluding hydrogens is 1280 g/mol. The lowest BCUT2D eigenvalue weighted by molar-refractivity contribution is -0.149. The Bertz CT molecular complexity index is 3500. The number of amides is 4. The van der Waals surface area contributed by atoms with Gasteiger partial charge in [0.2, 0.25) is 11.8 Å². The fraction of sp³-hybridized carbons (Fsp3) is 0.623. The minimum Gasteiger partial charge on any atom is -0.481 e. The van der Waals surface area contributed by atoms with Crippen LogP contribution in [-0.2, 0) is 49.1 Å². The van der Waals surface area contributed by atoms with Gasteiger partial charge < -0.3 is 40.7 Å². The fourth-order valence-corrected chi connectivity index (χ4v) is 18.1. The van der Waals surface area contributed by atoms with E-state index >= 15 is 8.78 Å². The summed E-state index contributed by atoms with van der Waals surface area (Å²) in [6.07, 6.45) is 11.9. The molecule has 10 atom stereocenters. The number of carbonyl (C=O) groups excluding carboxylic acids is 5. The van der Waals surface area contributed by atoms with Crippen molar-refractivity contribution >= 4 is 93.4 Å². The molecule has 24 heteroatoms. The van der Waals surface area contributed by atoms with Crippen molar-refractivity contribution in [2.45, 2.75) is 193 Å². The maximum Gasteiger partial charge on any atom is 0.307 e. The van der Waals surface area contributed by atoms with Gasteiger partial charge in [0.1, 0.15) is 39.9 Å². The average molecular weight is 1370 g/mol. The van der Waals surface area contributed by atoms with Gasteiger partial charge in [-0.2, -0.15) is 0 Å². The Morgan fingerprint density at radius 1 is 0.602 bits per heavy atom. The van der Waals surface area contributed by atoms with Crippen LogP contribution in [0.15, 0.2) is 48.8 Å². The number of hydrogen-bond acceptors (Lipinski definition) is 13. The molecule has 4 aliphatic heterocycles. The molecule has 504 valence electrons. The van der Waals surface area contributed by atoms with Crippen molar-refractivity contribution < 1.29 is 52.1 Å². The van der Waals surface area contributed by atoms with Gasteiger partial charge in [0.05, 0.1) is 30.0 Å². The van der Waals surface area contributed by atoms with Gasteiger partial charge in [-0.15, -0.1) is 0 Å². The summed E-state index contributed by atoms with van der Waals surface area (Å²) in [5, 5.41) is 16.0. The van der Waals surface area contributed by atoms with E-state index in [4.69, 9.17) is 61.6 Å². The standard InChI is InChI=1S/C35H43Cl2FN4O4.C24H24Cl2FN3O3.C10H20N2O2/c1-5-42(6-2)31(44)25-9-7-20(19-46-25)17-24(43)22-18-34(14-12-33(3,4)13-15-34)35(27(22)21-11-16-39-29(37)28(21)38)23-8-10-26(36)40-30(23)41-32(35)45;1-22(2)6-8-23(9-7-22)11-13(20(31)32)16(12-5-10-28-18(26)17(12)27)24(23)14-3-4-15(25)29-19(14)30-21(24)33;1-3-12(4-2)10(13)9-6-5-8(11)7-14-9/h8,10-11,16,20,22,25,27H,5-7,9,12-15,17-19H2,1-4H3,(H,40,41,45);3-5,10,13,16H,6-9,11H2,1-2H3,(H,31,32)(H,29,30,33);8-9H,3-7,11H2,1-2H3/t20-,22-,25-,27-,35+;13-,16+,24?;8-,9+/m011/s1. The molecule has 2 saturated heterocycles. The lowest BCUT2D eigenvalue weighted by atomic mass is 9.51. The summed E-state index contributed by atoms with van der Waals surface area (Å²) >= 11 is 24.7. The van der Waals surface area contributed by atoms with Crippen molar-refractivity contribution in [3.63, 3.8) is 0 Å². The molecule has 4 saturated carbocycles. The molecule has 0 bridgehead atoms. The number of halogens is 6. The Balaban J connectivity index is 0.000000174. The number of carbonyl (C=O) groups is 6. The minimum absolute atomic E-state index is 0.0144. The van der Waals surface area contributed by atoms with Crippen molar-refractivity contribution in [3.8, 4) is 0 Å². The summed E-state index contributed by atoms with van der Waals surface area (Å²) in [5.74, 6) is -5.94. The number of ether oxygens (including phenoxy) is 2. The first-order valence-electron chi connectivity index (χ1n) is 33.0. The van der Waals surface area contributed by atoms with Crippen LogP contribution in [0.1, 0.15) is 186 Å². The first-order chi connectivity index (χ1) is 44.1. The molecule has 5 N–H and O–H groups in total. The molecule has 4 aromatic rings. The molecule has 0 radical (unpaired) electrons. The quantitative estimate of drug-likeness (QED) is 0.0964. The third-order valence-corrected chi connectivity index (χ3v) is 23.5. The number of carboxylic acids is 1. The molecule has 4 amide bonds. The van der Waals surface area contributed by atoms with Crippen molar-refractivity contribution in [2.75, 3.05) is 50.0 Å². The number of likely N-dealkylation sites (N-methyl/N-ethyl adjacent to an activating group) is 2. The molecular formula is C69H87Cl4F2N9O9. The van der Waals surface area contributed by atoms with Crippen LogP contribution in [0.5, 0.6) is 0 Å². The zero-order chi connectivity index (χ0) is 67.3. The Morgan fingerprint density at radius 3 is 1.40 bits per heavy atom. The van der Waals surface area contributed by atoms with E-state index in [0.29, 0.717) is 94.0 Å². The van der Waals surface area contributed by atoms with Gasteiger partial charge in [-0.1, -0.05) is 86.2 Å². The highest BCUT2D eigenvalue weighted by Crippen LogP contribution is 2.74. The van der Waals surface area contributed by atoms with Gasteiger partial charge in [-0.25, -0.2) is 28.7 Å². The van der Waals surface area contributed by atoms with E-state index in [1.807, 2.05) is 38.7 Å². The van der Waals surface area contributed by atoms with E-state index in [9.17, 15) is 33.9 Å². The molecule has 12 rings (SSSR count). The molecule has 18 nitrogen and oxygen atoms in total. The number of nitrogens with two attached hydrogens (primary N) is 1. The maximum atomic E-state index is 16.1. The van der Waals surface area contributed by atoms with Crippen molar-refractivity contribution in [3.05, 3.63) is 103 Å². The molecule has 6 fully saturated rings. The van der Waals surface area contributed by atoms with Crippen molar-refractivity contribution in [2.24, 2.45) is 45.1 Å². The largest absolute Gasteiger partial charge is 0.481 e. The van der Waals surface area contributed by atoms with Crippen LogP contribution in [0.4, 0.5) is 20.4 Å². The van der Waals surface area contributed by atoms with Crippen LogP contribution in [0.2, 0.25) is 20.6 Å². The molecule has 8 heterocycles. The number of aliphatic carboxylic acids is 1. The molecule has 4 aliphatic carbocycles. The second-order valence-corrected chi connectivity index (χ2v) is 30.0. The zero-order valence-corrected chi connectivity index (χ0v) is 57.4. The van der Waals surface area contributed by atoms with E-state index < -0.39 is 69.0 Å². The SMILES string of the molecule is CC1(C)CCC2(CC1)C[C@@H](C(=O)O)[C@H](c1ccnc(Cl)c1F)C21C(=O)Nc2nc(Cl)ccc21.CCN(CC)C(=O)[C@@H]1CC[C@@H](CC(=O)[C@@H]2CC3(CCC(C)(C)CC3)[C@@]3(C(=O)Nc4nc(Cl)ccc43)[C@H]2c2ccnc(Cl)c2F)CO1.CCN(CC)C(=O)[C@@H]1CC[C@@H](N)CO1. The predicted molar refractivity (Wildman–Crippen MR) is 351 cm³/mol. The van der Waals surface area contributed by atoms with Crippen LogP contribution in [0, 0.1) is 51.0 Å². The number of hydrogen-bond donors (Lipinski definition) is 4. The molecule has 8 aliphatic rings. The minimum atomic E-state index is -1.31.